The summed E-state index contributed by atoms with van der Waals surface area (Å²) in [6.07, 6.45) is 4.41. The molecule has 0 saturated carbocycles. The van der Waals surface area contributed by atoms with Crippen LogP contribution in [-0.4, -0.2) is 34.0 Å². The normalized spacial score (nSPS) is 15.6. The van der Waals surface area contributed by atoms with Gasteiger partial charge in [0.25, 0.3) is 0 Å². The lowest BCUT2D eigenvalue weighted by molar-refractivity contribution is -0.133. The molecule has 160 valence electrons. The van der Waals surface area contributed by atoms with Gasteiger partial charge in [-0.15, -0.1) is 0 Å². The molecule has 2 aromatic carbocycles. The molecule has 1 aromatic heterocycles. The van der Waals surface area contributed by atoms with E-state index in [2.05, 4.69) is 16.8 Å². The lowest BCUT2D eigenvalue weighted by atomic mass is 10.0. The van der Waals surface area contributed by atoms with Crippen LogP contribution in [0.3, 0.4) is 0 Å². The smallest absolute Gasteiger partial charge is 0.243 e. The van der Waals surface area contributed by atoms with Gasteiger partial charge in [-0.1, -0.05) is 12.2 Å². The Hall–Kier alpha value is -3.55. The number of aromatic nitrogens is 2. The van der Waals surface area contributed by atoms with Gasteiger partial charge in [-0.3, -0.25) is 9.48 Å². The van der Waals surface area contributed by atoms with Crippen LogP contribution in [-0.2, 0) is 11.3 Å². The number of carbonyl (C=O) groups excluding carboxylic acids is 1. The Bertz CT molecular complexity index is 1150. The van der Waals surface area contributed by atoms with Crippen LogP contribution in [0.2, 0.25) is 0 Å². The summed E-state index contributed by atoms with van der Waals surface area (Å²) in [5, 5.41) is 10.8. The number of rotatable bonds is 7. The number of hydrogen-bond acceptors (Lipinski definition) is 4. The van der Waals surface area contributed by atoms with Crippen molar-refractivity contribution in [1.29, 1.82) is 0 Å². The molecule has 3 aromatic rings. The molecule has 0 spiro atoms. The third kappa shape index (κ3) is 4.47. The summed E-state index contributed by atoms with van der Waals surface area (Å²) in [4.78, 5) is 12.7. The first-order valence-corrected chi connectivity index (χ1v) is 9.91. The number of nitrogens with zero attached hydrogens (tertiary/aromatic N) is 4. The van der Waals surface area contributed by atoms with E-state index >= 15 is 0 Å². The highest BCUT2D eigenvalue weighted by atomic mass is 19.1. The predicted molar refractivity (Wildman–Crippen MR) is 114 cm³/mol. The third-order valence-electron chi connectivity index (χ3n) is 5.27. The number of benzene rings is 2. The van der Waals surface area contributed by atoms with Crippen molar-refractivity contribution in [2.75, 3.05) is 7.11 Å². The first kappa shape index (κ1) is 20.7. The molecule has 6 nitrogen and oxygen atoms in total. The summed E-state index contributed by atoms with van der Waals surface area (Å²) in [5.41, 5.74) is 2.14. The minimum atomic E-state index is -0.675. The van der Waals surface area contributed by atoms with Crippen LogP contribution in [0.1, 0.15) is 30.9 Å². The van der Waals surface area contributed by atoms with Gasteiger partial charge in [-0.25, -0.2) is 13.8 Å². The molecule has 1 aliphatic rings. The Morgan fingerprint density at radius 3 is 2.71 bits per heavy atom. The van der Waals surface area contributed by atoms with Gasteiger partial charge in [0.05, 0.1) is 31.4 Å². The van der Waals surface area contributed by atoms with Gasteiger partial charge in [0, 0.05) is 36.6 Å². The topological polar surface area (TPSA) is 59.7 Å². The second-order valence-electron chi connectivity index (χ2n) is 7.47. The van der Waals surface area contributed by atoms with Crippen molar-refractivity contribution in [1.82, 2.24) is 14.8 Å². The maximum absolute atomic E-state index is 13.6. The fraction of sp³-hybridized carbons (Fsp3) is 0.261. The van der Waals surface area contributed by atoms with Gasteiger partial charge >= 0.3 is 0 Å². The van der Waals surface area contributed by atoms with Crippen LogP contribution in [0.15, 0.2) is 59.8 Å². The average molecular weight is 424 g/mol. The molecule has 0 bridgehead atoms. The van der Waals surface area contributed by atoms with Crippen LogP contribution in [0.5, 0.6) is 5.75 Å². The fourth-order valence-corrected chi connectivity index (χ4v) is 3.69. The summed E-state index contributed by atoms with van der Waals surface area (Å²) in [6.45, 7) is 4.54. The van der Waals surface area contributed by atoms with E-state index < -0.39 is 17.7 Å². The monoisotopic (exact) mass is 424 g/mol. The molecule has 0 aliphatic carbocycles. The zero-order valence-corrected chi connectivity index (χ0v) is 17.1. The van der Waals surface area contributed by atoms with E-state index in [0.717, 1.165) is 28.3 Å². The number of methoxy groups -OCH3 is 1. The Morgan fingerprint density at radius 1 is 1.19 bits per heavy atom. The molecule has 2 heterocycles. The molecule has 31 heavy (non-hydrogen) atoms. The molecule has 8 heteroatoms. The van der Waals surface area contributed by atoms with Gasteiger partial charge in [-0.2, -0.15) is 10.2 Å². The predicted octanol–water partition coefficient (Wildman–Crippen LogP) is 4.62. The minimum absolute atomic E-state index is 0.187. The molecule has 4 rings (SSSR count). The summed E-state index contributed by atoms with van der Waals surface area (Å²) in [7, 11) is 1.61. The quantitative estimate of drug-likeness (QED) is 0.520. The largest absolute Gasteiger partial charge is 0.497 e. The van der Waals surface area contributed by atoms with E-state index in [-0.39, 0.29) is 12.3 Å². The lowest BCUT2D eigenvalue weighted by Gasteiger charge is -2.22. The van der Waals surface area contributed by atoms with Crippen molar-refractivity contribution < 1.29 is 18.3 Å². The summed E-state index contributed by atoms with van der Waals surface area (Å²) in [6, 6.07) is 8.49. The molecule has 0 fully saturated rings. The highest BCUT2D eigenvalue weighted by Gasteiger charge is 2.28. The van der Waals surface area contributed by atoms with Crippen molar-refractivity contribution in [3.05, 3.63) is 71.9 Å². The zero-order chi connectivity index (χ0) is 22.0. The highest BCUT2D eigenvalue weighted by Crippen LogP contribution is 2.30. The maximum atomic E-state index is 13.6. The van der Waals surface area contributed by atoms with Gasteiger partial charge in [-0.05, 0) is 36.2 Å². The van der Waals surface area contributed by atoms with E-state index in [0.29, 0.717) is 24.9 Å². The summed E-state index contributed by atoms with van der Waals surface area (Å²) >= 11 is 0. The number of hydrazone groups is 1. The van der Waals surface area contributed by atoms with Gasteiger partial charge in [0.15, 0.2) is 0 Å². The number of hydrogen-bond donors (Lipinski definition) is 0. The van der Waals surface area contributed by atoms with Crippen LogP contribution in [0.4, 0.5) is 8.78 Å². The molecule has 0 radical (unpaired) electrons. The molecule has 0 N–H and O–H groups in total. The molecular weight excluding hydrogens is 402 g/mol. The Morgan fingerprint density at radius 2 is 1.97 bits per heavy atom. The Balaban J connectivity index is 1.39. The Labute approximate surface area is 178 Å². The van der Waals surface area contributed by atoms with Crippen molar-refractivity contribution in [2.45, 2.75) is 31.8 Å². The second-order valence-corrected chi connectivity index (χ2v) is 7.47. The minimum Gasteiger partial charge on any atom is -0.497 e. The average Bonchev–Trinajstić information content (AvgIpc) is 3.38. The van der Waals surface area contributed by atoms with Crippen molar-refractivity contribution in [3.8, 4) is 5.75 Å². The molecule has 0 saturated heterocycles. The molecule has 1 unspecified atom stereocenters. The van der Waals surface area contributed by atoms with Gasteiger partial charge in [0.1, 0.15) is 17.4 Å². The van der Waals surface area contributed by atoms with Crippen LogP contribution < -0.4 is 4.74 Å². The van der Waals surface area contributed by atoms with Gasteiger partial charge in [0.2, 0.25) is 5.91 Å². The molecule has 1 aliphatic heterocycles. The van der Waals surface area contributed by atoms with Gasteiger partial charge < -0.3 is 4.74 Å². The number of halogens is 2. The summed E-state index contributed by atoms with van der Waals surface area (Å²) < 4.78 is 34.3. The SMILES string of the molecule is C=C(CCC(=O)N1N=CCC1c1cc(F)cc(F)c1)Cn1ncc2ccc(OC)cc21. The van der Waals surface area contributed by atoms with Crippen molar-refractivity contribution in [3.63, 3.8) is 0 Å². The first-order chi connectivity index (χ1) is 14.9. The van der Waals surface area contributed by atoms with E-state index in [1.807, 2.05) is 22.9 Å². The van der Waals surface area contributed by atoms with Crippen molar-refractivity contribution >= 4 is 23.0 Å². The maximum Gasteiger partial charge on any atom is 0.243 e. The standard InChI is InChI=1S/C23H22F2N4O2/c1-15(14-28-22-12-20(31-2)5-4-16(22)13-27-28)3-6-23(30)29-21(7-8-26-29)17-9-18(24)11-19(25)10-17/h4-5,8-13,21H,1,3,6-7,14H2,2H3. The number of allylic oxidation sites excluding steroid dienone is 1. The van der Waals surface area contributed by atoms with Crippen molar-refractivity contribution in [2.24, 2.45) is 5.10 Å². The van der Waals surface area contributed by atoms with Crippen LogP contribution in [0.25, 0.3) is 10.9 Å². The highest BCUT2D eigenvalue weighted by molar-refractivity contribution is 5.81. The second kappa shape index (κ2) is 8.67. The number of amides is 1. The Kier molecular flexibility index (Phi) is 5.79. The van der Waals surface area contributed by atoms with E-state index in [1.165, 1.54) is 17.1 Å². The first-order valence-electron chi connectivity index (χ1n) is 9.91. The van der Waals surface area contributed by atoms with E-state index in [4.69, 9.17) is 4.74 Å². The van der Waals surface area contributed by atoms with E-state index in [9.17, 15) is 13.6 Å². The fourth-order valence-electron chi connectivity index (χ4n) is 3.69. The molecular formula is C23H22F2N4O2. The summed E-state index contributed by atoms with van der Waals surface area (Å²) in [5.74, 6) is -0.838. The van der Waals surface area contributed by atoms with E-state index in [1.54, 1.807) is 19.5 Å². The lowest BCUT2D eigenvalue weighted by Crippen LogP contribution is -2.27. The molecule has 1 atom stereocenters. The number of ether oxygens (including phenoxy) is 1. The zero-order valence-electron chi connectivity index (χ0n) is 17.1. The van der Waals surface area contributed by atoms with Crippen LogP contribution >= 0.6 is 0 Å². The number of fused-ring (bicyclic) bond motifs is 1. The number of carbonyl (C=O) groups is 1. The molecule has 1 amide bonds. The van der Waals surface area contributed by atoms with Crippen LogP contribution in [0, 0.1) is 11.6 Å². The third-order valence-corrected chi connectivity index (χ3v) is 5.27.